The van der Waals surface area contributed by atoms with Crippen LogP contribution < -0.4 is 4.80 Å². The minimum absolute atomic E-state index is 0.127. The fourth-order valence-corrected chi connectivity index (χ4v) is 3.30. The summed E-state index contributed by atoms with van der Waals surface area (Å²) >= 11 is 7.75. The van der Waals surface area contributed by atoms with Crippen LogP contribution in [0.1, 0.15) is 20.3 Å². The second kappa shape index (κ2) is 7.02. The fraction of sp³-hybridized carbons (Fsp3) is 0.429. The van der Waals surface area contributed by atoms with Crippen LogP contribution in [0.15, 0.2) is 23.2 Å². The summed E-state index contributed by atoms with van der Waals surface area (Å²) in [7, 11) is 0. The Morgan fingerprint density at radius 2 is 2.25 bits per heavy atom. The maximum absolute atomic E-state index is 11.6. The van der Waals surface area contributed by atoms with Crippen molar-refractivity contribution in [3.05, 3.63) is 28.0 Å². The van der Waals surface area contributed by atoms with Crippen molar-refractivity contribution in [1.29, 1.82) is 0 Å². The lowest BCUT2D eigenvalue weighted by Gasteiger charge is -2.06. The molecule has 1 aromatic carbocycles. The van der Waals surface area contributed by atoms with E-state index in [1.54, 1.807) is 6.92 Å². The summed E-state index contributed by atoms with van der Waals surface area (Å²) in [5.41, 5.74) is 0.918. The standard InChI is InChI=1S/C14H17ClN2O2S/c1-3-12(18)16-14-17(8-9-19-4-2)13-10(15)6-5-7-11(13)20-14/h5-7H,3-4,8-9H2,1-2H3. The van der Waals surface area contributed by atoms with E-state index in [0.29, 0.717) is 36.0 Å². The number of rotatable bonds is 5. The first-order valence-corrected chi connectivity index (χ1v) is 7.80. The molecule has 0 saturated heterocycles. The van der Waals surface area contributed by atoms with Crippen LogP contribution in [0, 0.1) is 0 Å². The lowest BCUT2D eigenvalue weighted by molar-refractivity contribution is -0.117. The highest BCUT2D eigenvalue weighted by molar-refractivity contribution is 7.16. The highest BCUT2D eigenvalue weighted by atomic mass is 35.5. The van der Waals surface area contributed by atoms with Crippen molar-refractivity contribution in [2.75, 3.05) is 13.2 Å². The SMILES string of the molecule is CCOCCn1c(=NC(=O)CC)sc2cccc(Cl)c21. The summed E-state index contributed by atoms with van der Waals surface area (Å²) in [5.74, 6) is -0.127. The maximum atomic E-state index is 11.6. The largest absolute Gasteiger partial charge is 0.380 e. The van der Waals surface area contributed by atoms with E-state index in [0.717, 1.165) is 10.2 Å². The summed E-state index contributed by atoms with van der Waals surface area (Å²) in [6, 6.07) is 5.73. The number of fused-ring (bicyclic) bond motifs is 1. The van der Waals surface area contributed by atoms with Crippen molar-refractivity contribution in [2.24, 2.45) is 4.99 Å². The summed E-state index contributed by atoms with van der Waals surface area (Å²) in [6.45, 7) is 5.62. The van der Waals surface area contributed by atoms with Crippen molar-refractivity contribution >= 4 is 39.1 Å². The predicted octanol–water partition coefficient (Wildman–Crippen LogP) is 3.23. The molecule has 1 heterocycles. The Morgan fingerprint density at radius 1 is 1.45 bits per heavy atom. The molecule has 0 aliphatic carbocycles. The fourth-order valence-electron chi connectivity index (χ4n) is 1.87. The number of amides is 1. The van der Waals surface area contributed by atoms with Gasteiger partial charge in [-0.05, 0) is 19.1 Å². The third-order valence-electron chi connectivity index (χ3n) is 2.84. The molecule has 0 aliphatic heterocycles. The summed E-state index contributed by atoms with van der Waals surface area (Å²) in [5, 5.41) is 0.667. The molecular formula is C14H17ClN2O2S. The molecule has 0 N–H and O–H groups in total. The molecule has 4 nitrogen and oxygen atoms in total. The zero-order chi connectivity index (χ0) is 14.5. The number of aromatic nitrogens is 1. The molecule has 0 atom stereocenters. The quantitative estimate of drug-likeness (QED) is 0.796. The van der Waals surface area contributed by atoms with Crippen molar-refractivity contribution in [1.82, 2.24) is 4.57 Å². The third-order valence-corrected chi connectivity index (χ3v) is 4.19. The highest BCUT2D eigenvalue weighted by Gasteiger charge is 2.10. The van der Waals surface area contributed by atoms with Gasteiger partial charge in [-0.25, -0.2) is 0 Å². The van der Waals surface area contributed by atoms with E-state index in [9.17, 15) is 4.79 Å². The first-order chi connectivity index (χ1) is 9.67. The molecule has 0 saturated carbocycles. The van der Waals surface area contributed by atoms with E-state index in [-0.39, 0.29) is 5.91 Å². The molecule has 1 aromatic heterocycles. The van der Waals surface area contributed by atoms with Gasteiger partial charge in [-0.3, -0.25) is 4.79 Å². The van der Waals surface area contributed by atoms with Gasteiger partial charge in [0.25, 0.3) is 0 Å². The zero-order valence-corrected chi connectivity index (χ0v) is 13.1. The summed E-state index contributed by atoms with van der Waals surface area (Å²) < 4.78 is 8.38. The van der Waals surface area contributed by atoms with Crippen LogP contribution in [0.4, 0.5) is 0 Å². The van der Waals surface area contributed by atoms with Crippen molar-refractivity contribution < 1.29 is 9.53 Å². The lowest BCUT2D eigenvalue weighted by atomic mass is 10.3. The third kappa shape index (κ3) is 3.29. The molecule has 0 unspecified atom stereocenters. The Balaban J connectivity index is 2.55. The number of thiazole rings is 1. The van der Waals surface area contributed by atoms with E-state index in [1.165, 1.54) is 11.3 Å². The van der Waals surface area contributed by atoms with Crippen LogP contribution >= 0.6 is 22.9 Å². The number of nitrogens with zero attached hydrogens (tertiary/aromatic N) is 2. The Morgan fingerprint density at radius 3 is 2.95 bits per heavy atom. The van der Waals surface area contributed by atoms with E-state index in [1.807, 2.05) is 29.7 Å². The van der Waals surface area contributed by atoms with Crippen LogP contribution in [0.5, 0.6) is 0 Å². The molecule has 108 valence electrons. The monoisotopic (exact) mass is 312 g/mol. The average Bonchev–Trinajstić information content (AvgIpc) is 2.78. The van der Waals surface area contributed by atoms with Crippen molar-refractivity contribution in [3.8, 4) is 0 Å². The molecule has 2 aromatic rings. The van der Waals surface area contributed by atoms with Gasteiger partial charge in [-0.1, -0.05) is 35.9 Å². The van der Waals surface area contributed by atoms with E-state index >= 15 is 0 Å². The maximum Gasteiger partial charge on any atom is 0.248 e. The molecular weight excluding hydrogens is 296 g/mol. The number of halogens is 1. The van der Waals surface area contributed by atoms with Gasteiger partial charge >= 0.3 is 0 Å². The Labute approximate surface area is 126 Å². The summed E-state index contributed by atoms with van der Waals surface area (Å²) in [6.07, 6.45) is 0.396. The van der Waals surface area contributed by atoms with Gasteiger partial charge in [-0.2, -0.15) is 4.99 Å². The van der Waals surface area contributed by atoms with Gasteiger partial charge in [-0.15, -0.1) is 0 Å². The number of hydrogen-bond acceptors (Lipinski definition) is 3. The average molecular weight is 313 g/mol. The molecule has 1 amide bonds. The van der Waals surface area contributed by atoms with E-state index in [4.69, 9.17) is 16.3 Å². The van der Waals surface area contributed by atoms with Crippen LogP contribution in [-0.2, 0) is 16.1 Å². The van der Waals surface area contributed by atoms with E-state index < -0.39 is 0 Å². The van der Waals surface area contributed by atoms with Gasteiger partial charge in [0.15, 0.2) is 4.80 Å². The van der Waals surface area contributed by atoms with Crippen LogP contribution in [-0.4, -0.2) is 23.7 Å². The van der Waals surface area contributed by atoms with Gasteiger partial charge in [0.05, 0.1) is 21.8 Å². The Bertz CT molecular complexity index is 675. The van der Waals surface area contributed by atoms with Gasteiger partial charge in [0.2, 0.25) is 5.91 Å². The molecule has 2 rings (SSSR count). The molecule has 0 radical (unpaired) electrons. The molecule has 0 spiro atoms. The number of ether oxygens (including phenoxy) is 1. The second-order valence-electron chi connectivity index (χ2n) is 4.18. The highest BCUT2D eigenvalue weighted by Crippen LogP contribution is 2.25. The number of hydrogen-bond donors (Lipinski definition) is 0. The Kier molecular flexibility index (Phi) is 5.34. The molecule has 0 aliphatic rings. The molecule has 20 heavy (non-hydrogen) atoms. The smallest absolute Gasteiger partial charge is 0.248 e. The number of benzene rings is 1. The second-order valence-corrected chi connectivity index (χ2v) is 5.60. The van der Waals surface area contributed by atoms with Crippen molar-refractivity contribution in [3.63, 3.8) is 0 Å². The van der Waals surface area contributed by atoms with Gasteiger partial charge in [0.1, 0.15) is 0 Å². The zero-order valence-electron chi connectivity index (χ0n) is 11.6. The van der Waals surface area contributed by atoms with E-state index in [2.05, 4.69) is 4.99 Å². The van der Waals surface area contributed by atoms with Crippen LogP contribution in [0.25, 0.3) is 10.2 Å². The predicted molar refractivity (Wildman–Crippen MR) is 82.2 cm³/mol. The van der Waals surface area contributed by atoms with Crippen LogP contribution in [0.2, 0.25) is 5.02 Å². The lowest BCUT2D eigenvalue weighted by Crippen LogP contribution is -2.19. The van der Waals surface area contributed by atoms with Crippen molar-refractivity contribution in [2.45, 2.75) is 26.8 Å². The first-order valence-electron chi connectivity index (χ1n) is 6.60. The molecule has 6 heteroatoms. The normalized spacial score (nSPS) is 12.2. The number of carbonyl (C=O) groups is 1. The Hall–Kier alpha value is -1.17. The number of carbonyl (C=O) groups excluding carboxylic acids is 1. The topological polar surface area (TPSA) is 43.6 Å². The molecule has 0 fully saturated rings. The first kappa shape index (κ1) is 15.2. The summed E-state index contributed by atoms with van der Waals surface area (Å²) in [4.78, 5) is 16.4. The minimum atomic E-state index is -0.127. The van der Waals surface area contributed by atoms with Gasteiger partial charge in [0, 0.05) is 19.6 Å². The van der Waals surface area contributed by atoms with Crippen LogP contribution in [0.3, 0.4) is 0 Å². The molecule has 0 bridgehead atoms. The number of para-hydroxylation sites is 1. The van der Waals surface area contributed by atoms with Gasteiger partial charge < -0.3 is 9.30 Å². The minimum Gasteiger partial charge on any atom is -0.380 e.